The maximum Gasteiger partial charge on any atom is 0.222 e. The van der Waals surface area contributed by atoms with Gasteiger partial charge in [0.25, 0.3) is 0 Å². The van der Waals surface area contributed by atoms with E-state index in [2.05, 4.69) is 46.6 Å². The molecule has 1 heterocycles. The zero-order valence-electron chi connectivity index (χ0n) is 20.6. The van der Waals surface area contributed by atoms with Crippen molar-refractivity contribution in [3.05, 3.63) is 0 Å². The number of hydrogen-bond acceptors (Lipinski definition) is 2. The fourth-order valence-corrected chi connectivity index (χ4v) is 8.83. The second kappa shape index (κ2) is 8.41. The SMILES string of the molecule is CC(C)CCOCC(C)[C@H]1CC[C@H]2[C@@H]3CC[C@H]4N(C)C(=O)CC[C@]4(C)[C@H]3CC[C@]12C. The summed E-state index contributed by atoms with van der Waals surface area (Å²) in [6.07, 6.45) is 11.2. The maximum atomic E-state index is 12.4. The molecule has 0 aromatic heterocycles. The number of rotatable bonds is 6. The minimum atomic E-state index is 0.344. The van der Waals surface area contributed by atoms with Crippen LogP contribution in [0.1, 0.15) is 92.4 Å². The van der Waals surface area contributed by atoms with Crippen molar-refractivity contribution in [1.82, 2.24) is 4.90 Å². The molecule has 4 rings (SSSR count). The smallest absolute Gasteiger partial charge is 0.222 e. The third-order valence-corrected chi connectivity index (χ3v) is 10.5. The number of carbonyl (C=O) groups is 1. The van der Waals surface area contributed by atoms with Crippen molar-refractivity contribution in [2.24, 2.45) is 46.3 Å². The summed E-state index contributed by atoms with van der Waals surface area (Å²) < 4.78 is 6.12. The molecule has 1 amide bonds. The number of piperidine rings is 1. The lowest BCUT2D eigenvalue weighted by Crippen LogP contribution is -2.61. The average Bonchev–Trinajstić information content (AvgIpc) is 3.05. The minimum Gasteiger partial charge on any atom is -0.381 e. The molecule has 1 aliphatic heterocycles. The van der Waals surface area contributed by atoms with Crippen LogP contribution in [0.3, 0.4) is 0 Å². The molecule has 3 aliphatic carbocycles. The molecule has 0 bridgehead atoms. The van der Waals surface area contributed by atoms with E-state index >= 15 is 0 Å². The highest BCUT2D eigenvalue weighted by Gasteiger charge is 2.61. The van der Waals surface area contributed by atoms with Crippen LogP contribution in [0.25, 0.3) is 0 Å². The molecule has 3 heteroatoms. The van der Waals surface area contributed by atoms with E-state index in [1.807, 2.05) is 0 Å². The van der Waals surface area contributed by atoms with E-state index in [1.54, 1.807) is 0 Å². The van der Waals surface area contributed by atoms with Gasteiger partial charge in [0.05, 0.1) is 0 Å². The molecule has 4 aliphatic rings. The van der Waals surface area contributed by atoms with Gasteiger partial charge < -0.3 is 9.64 Å². The monoisotopic (exact) mass is 417 g/mol. The van der Waals surface area contributed by atoms with Crippen LogP contribution in [0, 0.1) is 46.3 Å². The summed E-state index contributed by atoms with van der Waals surface area (Å²) in [5.74, 6) is 5.20. The predicted molar refractivity (Wildman–Crippen MR) is 123 cm³/mol. The normalized spacial score (nSPS) is 44.6. The van der Waals surface area contributed by atoms with E-state index in [-0.39, 0.29) is 0 Å². The molecule has 4 fully saturated rings. The number of carbonyl (C=O) groups excluding carboxylic acids is 1. The highest BCUT2D eigenvalue weighted by atomic mass is 16.5. The highest BCUT2D eigenvalue weighted by Crippen LogP contribution is 2.67. The van der Waals surface area contributed by atoms with Gasteiger partial charge in [-0.25, -0.2) is 0 Å². The third kappa shape index (κ3) is 3.65. The quantitative estimate of drug-likeness (QED) is 0.484. The topological polar surface area (TPSA) is 29.5 Å². The van der Waals surface area contributed by atoms with E-state index in [1.165, 1.54) is 44.9 Å². The predicted octanol–water partition coefficient (Wildman–Crippen LogP) is 6.16. The van der Waals surface area contributed by atoms with Crippen LogP contribution in [0.4, 0.5) is 0 Å². The number of amides is 1. The Morgan fingerprint density at radius 1 is 1.00 bits per heavy atom. The minimum absolute atomic E-state index is 0.344. The molecule has 30 heavy (non-hydrogen) atoms. The Bertz CT molecular complexity index is 632. The van der Waals surface area contributed by atoms with Gasteiger partial charge in [0, 0.05) is 32.7 Å². The Kier molecular flexibility index (Phi) is 6.34. The Balaban J connectivity index is 1.44. The summed E-state index contributed by atoms with van der Waals surface area (Å²) in [6, 6.07) is 0.481. The van der Waals surface area contributed by atoms with Crippen molar-refractivity contribution < 1.29 is 9.53 Å². The number of hydrogen-bond donors (Lipinski definition) is 0. The van der Waals surface area contributed by atoms with Crippen molar-refractivity contribution in [2.45, 2.75) is 98.4 Å². The van der Waals surface area contributed by atoms with Crippen LogP contribution < -0.4 is 0 Å². The molecule has 0 aromatic carbocycles. The van der Waals surface area contributed by atoms with E-state index in [4.69, 9.17) is 4.74 Å². The van der Waals surface area contributed by atoms with Crippen molar-refractivity contribution in [3.8, 4) is 0 Å². The molecule has 0 radical (unpaired) electrons. The molecule has 0 N–H and O–H groups in total. The molecular formula is C27H47NO2. The first kappa shape index (κ1) is 22.6. The first-order valence-corrected chi connectivity index (χ1v) is 13.0. The second-order valence-corrected chi connectivity index (χ2v) is 12.4. The zero-order chi connectivity index (χ0) is 21.7. The standard InChI is InChI=1S/C27H47NO2/c1-18(2)13-16-30-17-19(3)21-8-9-22-20-7-10-24-27(5,15-12-25(29)28(24)6)23(20)11-14-26(21,22)4/h18-24H,7-17H2,1-6H3/t19?,20-,21+,22-,23-,24+,26+,27+/m0/s1. The van der Waals surface area contributed by atoms with Crippen molar-refractivity contribution in [1.29, 1.82) is 0 Å². The largest absolute Gasteiger partial charge is 0.381 e. The average molecular weight is 418 g/mol. The Morgan fingerprint density at radius 2 is 1.73 bits per heavy atom. The van der Waals surface area contributed by atoms with Crippen LogP contribution in [0.15, 0.2) is 0 Å². The van der Waals surface area contributed by atoms with E-state index in [0.717, 1.165) is 55.6 Å². The first-order valence-electron chi connectivity index (χ1n) is 13.0. The summed E-state index contributed by atoms with van der Waals surface area (Å²) in [6.45, 7) is 14.1. The fourth-order valence-electron chi connectivity index (χ4n) is 8.83. The van der Waals surface area contributed by atoms with Gasteiger partial charge in [0.2, 0.25) is 5.91 Å². The molecule has 172 valence electrons. The summed E-state index contributed by atoms with van der Waals surface area (Å²) in [7, 11) is 2.07. The van der Waals surface area contributed by atoms with Gasteiger partial charge in [0.1, 0.15) is 0 Å². The van der Waals surface area contributed by atoms with Gasteiger partial charge in [-0.05, 0) is 97.7 Å². The first-order chi connectivity index (χ1) is 14.2. The molecular weight excluding hydrogens is 370 g/mol. The highest BCUT2D eigenvalue weighted by molar-refractivity contribution is 5.77. The lowest BCUT2D eigenvalue weighted by molar-refractivity contribution is -0.159. The summed E-state index contributed by atoms with van der Waals surface area (Å²) in [5.41, 5.74) is 0.845. The number of ether oxygens (including phenoxy) is 1. The zero-order valence-corrected chi connectivity index (χ0v) is 20.6. The lowest BCUT2D eigenvalue weighted by Gasteiger charge is -2.62. The van der Waals surface area contributed by atoms with E-state index < -0.39 is 0 Å². The van der Waals surface area contributed by atoms with Crippen LogP contribution in [0.5, 0.6) is 0 Å². The molecule has 0 aromatic rings. The number of fused-ring (bicyclic) bond motifs is 5. The van der Waals surface area contributed by atoms with Crippen molar-refractivity contribution >= 4 is 5.91 Å². The van der Waals surface area contributed by atoms with Gasteiger partial charge in [-0.15, -0.1) is 0 Å². The van der Waals surface area contributed by atoms with Gasteiger partial charge in [0.15, 0.2) is 0 Å². The van der Waals surface area contributed by atoms with E-state index in [0.29, 0.717) is 28.7 Å². The van der Waals surface area contributed by atoms with Gasteiger partial charge >= 0.3 is 0 Å². The number of nitrogens with zero attached hydrogens (tertiary/aromatic N) is 1. The van der Waals surface area contributed by atoms with Gasteiger partial charge in [-0.1, -0.05) is 34.6 Å². The van der Waals surface area contributed by atoms with Crippen LogP contribution in [-0.4, -0.2) is 37.1 Å². The number of likely N-dealkylation sites (tertiary alicyclic amines) is 1. The molecule has 8 atom stereocenters. The third-order valence-electron chi connectivity index (χ3n) is 10.5. The van der Waals surface area contributed by atoms with Crippen LogP contribution in [0.2, 0.25) is 0 Å². The Labute approximate surface area is 185 Å². The van der Waals surface area contributed by atoms with Crippen LogP contribution in [-0.2, 0) is 9.53 Å². The Hall–Kier alpha value is -0.570. The van der Waals surface area contributed by atoms with E-state index in [9.17, 15) is 4.79 Å². The summed E-state index contributed by atoms with van der Waals surface area (Å²) in [4.78, 5) is 14.5. The van der Waals surface area contributed by atoms with Crippen molar-refractivity contribution in [2.75, 3.05) is 20.3 Å². The second-order valence-electron chi connectivity index (χ2n) is 12.4. The fraction of sp³-hybridized carbons (Fsp3) is 0.963. The Morgan fingerprint density at radius 3 is 2.47 bits per heavy atom. The molecule has 0 spiro atoms. The molecule has 1 saturated heterocycles. The maximum absolute atomic E-state index is 12.4. The molecule has 3 nitrogen and oxygen atoms in total. The van der Waals surface area contributed by atoms with Gasteiger partial charge in [-0.2, -0.15) is 0 Å². The van der Waals surface area contributed by atoms with Crippen molar-refractivity contribution in [3.63, 3.8) is 0 Å². The summed E-state index contributed by atoms with van der Waals surface area (Å²) >= 11 is 0. The van der Waals surface area contributed by atoms with Gasteiger partial charge in [-0.3, -0.25) is 4.79 Å². The molecule has 1 unspecified atom stereocenters. The van der Waals surface area contributed by atoms with Crippen LogP contribution >= 0.6 is 0 Å². The summed E-state index contributed by atoms with van der Waals surface area (Å²) in [5, 5.41) is 0. The lowest BCUT2D eigenvalue weighted by atomic mass is 9.46. The molecule has 3 saturated carbocycles.